The third-order valence-corrected chi connectivity index (χ3v) is 4.32. The van der Waals surface area contributed by atoms with Gasteiger partial charge in [-0.15, -0.1) is 0 Å². The molecule has 0 unspecified atom stereocenters. The standard InChI is InChI=1S/C14H27N3O/c1-14(2)4-9-16(10-5-14)8-3-13(18)17-11-6-15-7-12-17/h15H,3-12H2,1-2H3. The molecule has 0 bridgehead atoms. The van der Waals surface area contributed by atoms with Crippen molar-refractivity contribution in [1.29, 1.82) is 0 Å². The van der Waals surface area contributed by atoms with E-state index >= 15 is 0 Å². The van der Waals surface area contributed by atoms with Crippen molar-refractivity contribution >= 4 is 5.91 Å². The smallest absolute Gasteiger partial charge is 0.223 e. The van der Waals surface area contributed by atoms with Gasteiger partial charge in [0.1, 0.15) is 0 Å². The predicted octanol–water partition coefficient (Wildman–Crippen LogP) is 0.930. The first kappa shape index (κ1) is 13.8. The van der Waals surface area contributed by atoms with Crippen molar-refractivity contribution in [2.45, 2.75) is 33.1 Å². The average molecular weight is 253 g/mol. The fourth-order valence-electron chi connectivity index (χ4n) is 2.71. The largest absolute Gasteiger partial charge is 0.340 e. The van der Waals surface area contributed by atoms with E-state index in [0.717, 1.165) is 45.8 Å². The van der Waals surface area contributed by atoms with Crippen molar-refractivity contribution in [2.75, 3.05) is 45.8 Å². The highest BCUT2D eigenvalue weighted by molar-refractivity contribution is 5.76. The quantitative estimate of drug-likeness (QED) is 0.813. The first-order valence-corrected chi connectivity index (χ1v) is 7.28. The molecule has 0 saturated carbocycles. The molecule has 1 N–H and O–H groups in total. The topological polar surface area (TPSA) is 35.6 Å². The highest BCUT2D eigenvalue weighted by atomic mass is 16.2. The van der Waals surface area contributed by atoms with E-state index in [0.29, 0.717) is 17.7 Å². The van der Waals surface area contributed by atoms with Crippen LogP contribution in [0.2, 0.25) is 0 Å². The summed E-state index contributed by atoms with van der Waals surface area (Å²) < 4.78 is 0. The minimum Gasteiger partial charge on any atom is -0.340 e. The molecule has 0 aromatic carbocycles. The number of hydrogen-bond donors (Lipinski definition) is 1. The summed E-state index contributed by atoms with van der Waals surface area (Å²) in [6.45, 7) is 11.6. The Morgan fingerprint density at radius 3 is 2.33 bits per heavy atom. The third-order valence-electron chi connectivity index (χ3n) is 4.32. The van der Waals surface area contributed by atoms with Crippen LogP contribution in [0.25, 0.3) is 0 Å². The van der Waals surface area contributed by atoms with Gasteiger partial charge < -0.3 is 15.1 Å². The Morgan fingerprint density at radius 2 is 1.72 bits per heavy atom. The molecular weight excluding hydrogens is 226 g/mol. The third kappa shape index (κ3) is 3.95. The molecule has 104 valence electrons. The lowest BCUT2D eigenvalue weighted by molar-refractivity contribution is -0.132. The van der Waals surface area contributed by atoms with E-state index in [1.807, 2.05) is 4.90 Å². The van der Waals surface area contributed by atoms with E-state index in [9.17, 15) is 4.79 Å². The van der Waals surface area contributed by atoms with Crippen LogP contribution in [-0.4, -0.2) is 61.5 Å². The predicted molar refractivity (Wildman–Crippen MR) is 73.5 cm³/mol. The molecule has 2 aliphatic rings. The monoisotopic (exact) mass is 253 g/mol. The zero-order valence-corrected chi connectivity index (χ0v) is 11.9. The van der Waals surface area contributed by atoms with Crippen molar-refractivity contribution in [3.05, 3.63) is 0 Å². The molecule has 0 aromatic heterocycles. The molecule has 0 aromatic rings. The Labute approximate surface area is 111 Å². The highest BCUT2D eigenvalue weighted by Crippen LogP contribution is 2.29. The second-order valence-electron chi connectivity index (χ2n) is 6.39. The maximum Gasteiger partial charge on any atom is 0.223 e. The van der Waals surface area contributed by atoms with E-state index in [1.54, 1.807) is 0 Å². The zero-order chi connectivity index (χ0) is 13.0. The maximum atomic E-state index is 12.0. The van der Waals surface area contributed by atoms with Gasteiger partial charge in [0.05, 0.1) is 0 Å². The average Bonchev–Trinajstić information content (AvgIpc) is 2.38. The lowest BCUT2D eigenvalue weighted by Crippen LogP contribution is -2.47. The van der Waals surface area contributed by atoms with Gasteiger partial charge in [-0.3, -0.25) is 4.79 Å². The number of carbonyl (C=O) groups excluding carboxylic acids is 1. The van der Waals surface area contributed by atoms with Gasteiger partial charge in [0.25, 0.3) is 0 Å². The Bertz CT molecular complexity index is 275. The van der Waals surface area contributed by atoms with E-state index in [4.69, 9.17) is 0 Å². The highest BCUT2D eigenvalue weighted by Gasteiger charge is 2.25. The van der Waals surface area contributed by atoms with Crippen LogP contribution in [0.5, 0.6) is 0 Å². The Balaban J connectivity index is 1.67. The summed E-state index contributed by atoms with van der Waals surface area (Å²) >= 11 is 0. The molecule has 0 aliphatic carbocycles. The molecule has 4 heteroatoms. The first-order chi connectivity index (χ1) is 8.57. The van der Waals surface area contributed by atoms with Crippen LogP contribution >= 0.6 is 0 Å². The van der Waals surface area contributed by atoms with Gasteiger partial charge in [-0.25, -0.2) is 0 Å². The molecule has 2 saturated heterocycles. The van der Waals surface area contributed by atoms with Crippen molar-refractivity contribution < 1.29 is 4.79 Å². The minimum atomic E-state index is 0.335. The summed E-state index contributed by atoms with van der Waals surface area (Å²) in [5.74, 6) is 0.335. The van der Waals surface area contributed by atoms with E-state index < -0.39 is 0 Å². The van der Waals surface area contributed by atoms with Crippen LogP contribution in [0.1, 0.15) is 33.1 Å². The molecule has 2 rings (SSSR count). The van der Waals surface area contributed by atoms with Gasteiger partial charge in [-0.1, -0.05) is 13.8 Å². The van der Waals surface area contributed by atoms with Gasteiger partial charge in [-0.2, -0.15) is 0 Å². The van der Waals surface area contributed by atoms with Gasteiger partial charge in [0.15, 0.2) is 0 Å². The number of piperazine rings is 1. The number of amides is 1. The number of hydrogen-bond acceptors (Lipinski definition) is 3. The Kier molecular flexibility index (Phi) is 4.62. The summed E-state index contributed by atoms with van der Waals surface area (Å²) in [5.41, 5.74) is 0.499. The zero-order valence-electron chi connectivity index (χ0n) is 11.9. The second-order valence-corrected chi connectivity index (χ2v) is 6.39. The Hall–Kier alpha value is -0.610. The maximum absolute atomic E-state index is 12.0. The lowest BCUT2D eigenvalue weighted by atomic mass is 9.83. The summed E-state index contributed by atoms with van der Waals surface area (Å²) in [5, 5.41) is 3.28. The van der Waals surface area contributed by atoms with Crippen molar-refractivity contribution in [2.24, 2.45) is 5.41 Å². The number of rotatable bonds is 3. The fraction of sp³-hybridized carbons (Fsp3) is 0.929. The van der Waals surface area contributed by atoms with E-state index in [2.05, 4.69) is 24.1 Å². The number of piperidine rings is 1. The molecule has 0 spiro atoms. The van der Waals surface area contributed by atoms with E-state index in [-0.39, 0.29) is 0 Å². The second kappa shape index (κ2) is 6.02. The molecule has 4 nitrogen and oxygen atoms in total. The van der Waals surface area contributed by atoms with Crippen molar-refractivity contribution in [3.8, 4) is 0 Å². The van der Waals surface area contributed by atoms with Crippen molar-refractivity contribution in [1.82, 2.24) is 15.1 Å². The lowest BCUT2D eigenvalue weighted by Gasteiger charge is -2.37. The van der Waals surface area contributed by atoms with Gasteiger partial charge in [0.2, 0.25) is 5.91 Å². The van der Waals surface area contributed by atoms with Gasteiger partial charge in [0, 0.05) is 39.1 Å². The van der Waals surface area contributed by atoms with Crippen LogP contribution in [-0.2, 0) is 4.79 Å². The minimum absolute atomic E-state index is 0.335. The number of carbonyl (C=O) groups is 1. The summed E-state index contributed by atoms with van der Waals surface area (Å²) in [7, 11) is 0. The molecule has 2 aliphatic heterocycles. The molecular formula is C14H27N3O. The number of nitrogens with one attached hydrogen (secondary N) is 1. The normalized spacial score (nSPS) is 25.1. The molecule has 2 heterocycles. The fourth-order valence-corrected chi connectivity index (χ4v) is 2.71. The van der Waals surface area contributed by atoms with Crippen LogP contribution in [0.15, 0.2) is 0 Å². The molecule has 0 atom stereocenters. The van der Waals surface area contributed by atoms with E-state index in [1.165, 1.54) is 12.8 Å². The first-order valence-electron chi connectivity index (χ1n) is 7.28. The van der Waals surface area contributed by atoms with Crippen molar-refractivity contribution in [3.63, 3.8) is 0 Å². The van der Waals surface area contributed by atoms with Crippen LogP contribution in [0.4, 0.5) is 0 Å². The number of nitrogens with zero attached hydrogens (tertiary/aromatic N) is 2. The summed E-state index contributed by atoms with van der Waals surface area (Å²) in [6, 6.07) is 0. The molecule has 18 heavy (non-hydrogen) atoms. The summed E-state index contributed by atoms with van der Waals surface area (Å²) in [4.78, 5) is 16.5. The van der Waals surface area contributed by atoms with Crippen LogP contribution in [0, 0.1) is 5.41 Å². The number of likely N-dealkylation sites (tertiary alicyclic amines) is 1. The van der Waals surface area contributed by atoms with Gasteiger partial charge >= 0.3 is 0 Å². The molecule has 0 radical (unpaired) electrons. The SMILES string of the molecule is CC1(C)CCN(CCC(=O)N2CCNCC2)CC1. The summed E-state index contributed by atoms with van der Waals surface area (Å²) in [6.07, 6.45) is 3.21. The Morgan fingerprint density at radius 1 is 1.11 bits per heavy atom. The van der Waals surface area contributed by atoms with Crippen LogP contribution < -0.4 is 5.32 Å². The van der Waals surface area contributed by atoms with Gasteiger partial charge in [-0.05, 0) is 31.3 Å². The van der Waals surface area contributed by atoms with Crippen LogP contribution in [0.3, 0.4) is 0 Å². The molecule has 1 amide bonds. The molecule has 2 fully saturated rings.